The number of rotatable bonds is 4. The molecule has 2 amide bonds. The van der Waals surface area contributed by atoms with Crippen LogP contribution in [0.5, 0.6) is 0 Å². The zero-order valence-electron chi connectivity index (χ0n) is 18.1. The highest BCUT2D eigenvalue weighted by molar-refractivity contribution is 5.88. The molecule has 2 N–H and O–H groups in total. The largest absolute Gasteiger partial charge is 0.357 e. The minimum Gasteiger partial charge on any atom is -0.357 e. The molecule has 1 aliphatic heterocycles. The van der Waals surface area contributed by atoms with Crippen LogP contribution in [0.4, 0.5) is 0 Å². The predicted molar refractivity (Wildman–Crippen MR) is 115 cm³/mol. The van der Waals surface area contributed by atoms with E-state index in [-0.39, 0.29) is 17.7 Å². The zero-order valence-corrected chi connectivity index (χ0v) is 18.1. The molecule has 6 heteroatoms. The molecule has 0 saturated heterocycles. The zero-order chi connectivity index (χ0) is 20.8. The van der Waals surface area contributed by atoms with E-state index in [1.54, 1.807) is 7.05 Å². The molecule has 5 rings (SSSR count). The first-order valence-electron chi connectivity index (χ1n) is 11.8. The van der Waals surface area contributed by atoms with Crippen molar-refractivity contribution in [2.24, 2.45) is 35.5 Å². The Kier molecular flexibility index (Phi) is 5.19. The van der Waals surface area contributed by atoms with Crippen molar-refractivity contribution in [1.29, 1.82) is 0 Å². The maximum Gasteiger partial charge on any atom is 0.242 e. The fraction of sp³-hybridized carbons (Fsp3) is 0.708. The molecule has 30 heavy (non-hydrogen) atoms. The second-order valence-electron chi connectivity index (χ2n) is 9.77. The van der Waals surface area contributed by atoms with Crippen LogP contribution in [-0.2, 0) is 9.59 Å². The number of allylic oxidation sites excluding steroid dienone is 1. The van der Waals surface area contributed by atoms with Crippen LogP contribution in [0.25, 0.3) is 6.08 Å². The third kappa shape index (κ3) is 3.10. The Balaban J connectivity index is 1.29. The minimum atomic E-state index is -0.412. The number of carbonyl (C=O) groups excluding carboxylic acids is 2. The molecule has 1 aromatic heterocycles. The van der Waals surface area contributed by atoms with Gasteiger partial charge in [0, 0.05) is 37.3 Å². The van der Waals surface area contributed by atoms with Gasteiger partial charge in [-0.25, -0.2) is 4.98 Å². The van der Waals surface area contributed by atoms with Crippen LogP contribution in [0.2, 0.25) is 0 Å². The normalized spacial score (nSPS) is 37.3. The van der Waals surface area contributed by atoms with E-state index in [0.717, 1.165) is 36.9 Å². The van der Waals surface area contributed by atoms with Gasteiger partial charge in [0.05, 0.1) is 0 Å². The average molecular weight is 411 g/mol. The molecule has 6 nitrogen and oxygen atoms in total. The standard InChI is InChI=1S/C24H34N4O2/c1-3-20(24(30)25-2)27-23(29)19-7-6-14-15-8-10-21-18(16(15)4-5-17(14)19)9-11-22-26-12-13-28(21)22/h9,11-21H,3-8,10H2,1-2H3,(H,25,30)(H,27,29)/t14-,15-,16-,17-,18+,19+,20-,21?/m0/s1. The van der Waals surface area contributed by atoms with E-state index in [9.17, 15) is 9.59 Å². The third-order valence-electron chi connectivity index (χ3n) is 8.69. The number of likely N-dealkylation sites (N-methyl/N-ethyl adjacent to an activating group) is 1. The van der Waals surface area contributed by atoms with Gasteiger partial charge in [-0.3, -0.25) is 9.59 Å². The first-order chi connectivity index (χ1) is 14.6. The molecule has 1 aromatic rings. The van der Waals surface area contributed by atoms with Crippen LogP contribution in [0.15, 0.2) is 18.5 Å². The fourth-order valence-electron chi connectivity index (χ4n) is 7.37. The maximum absolute atomic E-state index is 13.1. The van der Waals surface area contributed by atoms with Gasteiger partial charge in [0.15, 0.2) is 0 Å². The van der Waals surface area contributed by atoms with E-state index in [2.05, 4.69) is 38.5 Å². The van der Waals surface area contributed by atoms with Crippen LogP contribution in [-0.4, -0.2) is 34.5 Å². The smallest absolute Gasteiger partial charge is 0.242 e. The number of fused-ring (bicyclic) bond motifs is 7. The Morgan fingerprint density at radius 2 is 1.83 bits per heavy atom. The van der Waals surface area contributed by atoms with E-state index in [1.165, 1.54) is 19.3 Å². The van der Waals surface area contributed by atoms with Crippen molar-refractivity contribution >= 4 is 17.9 Å². The number of aromatic nitrogens is 2. The van der Waals surface area contributed by atoms with Gasteiger partial charge in [-0.05, 0) is 74.7 Å². The van der Waals surface area contributed by atoms with E-state index in [4.69, 9.17) is 0 Å². The molecule has 3 saturated carbocycles. The Labute approximate surface area is 178 Å². The molecule has 2 heterocycles. The summed E-state index contributed by atoms with van der Waals surface area (Å²) in [5.74, 6) is 4.41. The number of hydrogen-bond donors (Lipinski definition) is 2. The molecular formula is C24H34N4O2. The summed E-state index contributed by atoms with van der Waals surface area (Å²) in [5, 5.41) is 5.72. The fourth-order valence-corrected chi connectivity index (χ4v) is 7.37. The molecule has 3 aliphatic carbocycles. The molecule has 8 atom stereocenters. The van der Waals surface area contributed by atoms with E-state index in [1.807, 2.05) is 13.1 Å². The topological polar surface area (TPSA) is 76.0 Å². The highest BCUT2D eigenvalue weighted by Crippen LogP contribution is 2.58. The van der Waals surface area contributed by atoms with E-state index < -0.39 is 6.04 Å². The molecule has 1 unspecified atom stereocenters. The number of imidazole rings is 1. The summed E-state index contributed by atoms with van der Waals surface area (Å²) in [7, 11) is 1.63. The van der Waals surface area contributed by atoms with E-state index >= 15 is 0 Å². The summed E-state index contributed by atoms with van der Waals surface area (Å²) in [6.07, 6.45) is 16.3. The summed E-state index contributed by atoms with van der Waals surface area (Å²) in [6.45, 7) is 1.95. The van der Waals surface area contributed by atoms with Crippen molar-refractivity contribution in [3.05, 3.63) is 24.3 Å². The Morgan fingerprint density at radius 1 is 1.10 bits per heavy atom. The van der Waals surface area contributed by atoms with Crippen LogP contribution in [0.3, 0.4) is 0 Å². The second kappa shape index (κ2) is 7.86. The van der Waals surface area contributed by atoms with Crippen molar-refractivity contribution in [2.75, 3.05) is 7.05 Å². The van der Waals surface area contributed by atoms with Crippen molar-refractivity contribution < 1.29 is 9.59 Å². The van der Waals surface area contributed by atoms with Gasteiger partial charge in [-0.2, -0.15) is 0 Å². The molecular weight excluding hydrogens is 376 g/mol. The molecule has 0 spiro atoms. The molecule has 162 valence electrons. The molecule has 0 aromatic carbocycles. The molecule has 4 aliphatic rings. The predicted octanol–water partition coefficient (Wildman–Crippen LogP) is 3.17. The first-order valence-corrected chi connectivity index (χ1v) is 11.8. The number of carbonyl (C=O) groups is 2. The van der Waals surface area contributed by atoms with Crippen LogP contribution in [0, 0.1) is 35.5 Å². The van der Waals surface area contributed by atoms with Gasteiger partial charge in [0.25, 0.3) is 0 Å². The quantitative estimate of drug-likeness (QED) is 0.800. The summed E-state index contributed by atoms with van der Waals surface area (Å²) in [6, 6.07) is 0.147. The number of amides is 2. The van der Waals surface area contributed by atoms with Gasteiger partial charge in [-0.15, -0.1) is 0 Å². The van der Waals surface area contributed by atoms with Gasteiger partial charge in [0.1, 0.15) is 11.9 Å². The Hall–Kier alpha value is -2.11. The van der Waals surface area contributed by atoms with Gasteiger partial charge in [0.2, 0.25) is 11.8 Å². The van der Waals surface area contributed by atoms with Crippen LogP contribution in [0.1, 0.15) is 63.7 Å². The molecule has 0 radical (unpaired) electrons. The lowest BCUT2D eigenvalue weighted by Gasteiger charge is -2.51. The van der Waals surface area contributed by atoms with Crippen molar-refractivity contribution in [3.63, 3.8) is 0 Å². The van der Waals surface area contributed by atoms with Gasteiger partial charge >= 0.3 is 0 Å². The lowest BCUT2D eigenvalue weighted by molar-refractivity contribution is -0.132. The summed E-state index contributed by atoms with van der Waals surface area (Å²) in [5.41, 5.74) is 0. The van der Waals surface area contributed by atoms with Gasteiger partial charge in [-0.1, -0.05) is 13.0 Å². The highest BCUT2D eigenvalue weighted by Gasteiger charge is 2.52. The number of nitrogens with one attached hydrogen (secondary N) is 2. The average Bonchev–Trinajstić information content (AvgIpc) is 3.43. The maximum atomic E-state index is 13.1. The minimum absolute atomic E-state index is 0.0783. The lowest BCUT2D eigenvalue weighted by atomic mass is 9.56. The van der Waals surface area contributed by atoms with Crippen molar-refractivity contribution in [2.45, 2.75) is 64.0 Å². The van der Waals surface area contributed by atoms with Crippen molar-refractivity contribution in [3.8, 4) is 0 Å². The second-order valence-corrected chi connectivity index (χ2v) is 9.77. The number of hydrogen-bond acceptors (Lipinski definition) is 3. The monoisotopic (exact) mass is 410 g/mol. The Bertz CT molecular complexity index is 846. The molecule has 0 bridgehead atoms. The summed E-state index contributed by atoms with van der Waals surface area (Å²) >= 11 is 0. The van der Waals surface area contributed by atoms with Crippen molar-refractivity contribution in [1.82, 2.24) is 20.2 Å². The molecule has 3 fully saturated rings. The van der Waals surface area contributed by atoms with Crippen LogP contribution < -0.4 is 10.6 Å². The van der Waals surface area contributed by atoms with Gasteiger partial charge < -0.3 is 15.2 Å². The SMILES string of the molecule is CC[C@H](NC(=O)[C@@H]1CC[C@H]2[C@@H]3CCC4[C@H](C=Cc5nccn54)[C@H]3CC[C@@H]21)C(=O)NC. The third-order valence-corrected chi connectivity index (χ3v) is 8.69. The van der Waals surface area contributed by atoms with Crippen LogP contribution >= 0.6 is 0 Å². The summed E-state index contributed by atoms with van der Waals surface area (Å²) in [4.78, 5) is 29.6. The Morgan fingerprint density at radius 3 is 2.63 bits per heavy atom. The summed E-state index contributed by atoms with van der Waals surface area (Å²) < 4.78 is 2.39. The van der Waals surface area contributed by atoms with E-state index in [0.29, 0.717) is 30.2 Å². The highest BCUT2D eigenvalue weighted by atomic mass is 16.2. The first kappa shape index (κ1) is 19.8. The lowest BCUT2D eigenvalue weighted by Crippen LogP contribution is -2.49. The number of nitrogens with zero attached hydrogens (tertiary/aromatic N) is 2.